The lowest BCUT2D eigenvalue weighted by atomic mass is 10.4. The number of hydrogen-bond donors (Lipinski definition) is 0. The van der Waals surface area contributed by atoms with Gasteiger partial charge in [0.1, 0.15) is 5.69 Å². The second-order valence-corrected chi connectivity index (χ2v) is 2.50. The van der Waals surface area contributed by atoms with Crippen molar-refractivity contribution in [3.05, 3.63) is 54.7 Å². The Morgan fingerprint density at radius 2 is 2.00 bits per heavy atom. The molecular formula is C11H11NO3. The SMILES string of the molecule is COC(=O)c1ccccn1.c1ccoc1. The molecule has 0 radical (unpaired) electrons. The normalized spacial score (nSPS) is 8.60. The Labute approximate surface area is 87.5 Å². The molecule has 2 aromatic rings. The highest BCUT2D eigenvalue weighted by molar-refractivity contribution is 5.86. The minimum atomic E-state index is -0.402. The van der Waals surface area contributed by atoms with Crippen LogP contribution in [0.4, 0.5) is 0 Å². The number of aromatic nitrogens is 1. The number of carbonyl (C=O) groups excluding carboxylic acids is 1. The Kier molecular flexibility index (Phi) is 4.66. The summed E-state index contributed by atoms with van der Waals surface area (Å²) >= 11 is 0. The zero-order valence-electron chi connectivity index (χ0n) is 8.29. The number of rotatable bonds is 1. The first kappa shape index (κ1) is 11.0. The largest absolute Gasteiger partial charge is 0.473 e. The Morgan fingerprint density at radius 1 is 1.27 bits per heavy atom. The summed E-state index contributed by atoms with van der Waals surface area (Å²) in [6, 6.07) is 8.75. The van der Waals surface area contributed by atoms with E-state index < -0.39 is 5.97 Å². The maximum absolute atomic E-state index is 10.7. The lowest BCUT2D eigenvalue weighted by Crippen LogP contribution is -2.02. The third-order valence-corrected chi connectivity index (χ3v) is 1.48. The van der Waals surface area contributed by atoms with Crippen LogP contribution in [0.1, 0.15) is 10.5 Å². The van der Waals surface area contributed by atoms with E-state index in [4.69, 9.17) is 0 Å². The van der Waals surface area contributed by atoms with Gasteiger partial charge in [-0.2, -0.15) is 0 Å². The average molecular weight is 205 g/mol. The summed E-state index contributed by atoms with van der Waals surface area (Å²) in [6.07, 6.45) is 4.80. The van der Waals surface area contributed by atoms with Crippen molar-refractivity contribution in [2.45, 2.75) is 0 Å². The average Bonchev–Trinajstić information content (AvgIpc) is 2.88. The van der Waals surface area contributed by atoms with Gasteiger partial charge >= 0.3 is 5.97 Å². The maximum atomic E-state index is 10.7. The topological polar surface area (TPSA) is 52.3 Å². The number of nitrogens with zero attached hydrogens (tertiary/aromatic N) is 1. The summed E-state index contributed by atoms with van der Waals surface area (Å²) in [6.45, 7) is 0. The van der Waals surface area contributed by atoms with Crippen molar-refractivity contribution in [2.24, 2.45) is 0 Å². The predicted molar refractivity (Wildman–Crippen MR) is 54.3 cm³/mol. The molecule has 0 unspecified atom stereocenters. The number of methoxy groups -OCH3 is 1. The summed E-state index contributed by atoms with van der Waals surface area (Å²) in [4.78, 5) is 14.5. The number of ether oxygens (including phenoxy) is 1. The second-order valence-electron chi connectivity index (χ2n) is 2.50. The van der Waals surface area contributed by atoms with Crippen LogP contribution in [0.5, 0.6) is 0 Å². The Hall–Kier alpha value is -2.10. The number of pyridine rings is 1. The molecule has 0 aliphatic rings. The van der Waals surface area contributed by atoms with Gasteiger partial charge in [0.05, 0.1) is 19.6 Å². The van der Waals surface area contributed by atoms with E-state index in [1.165, 1.54) is 7.11 Å². The molecular weight excluding hydrogens is 194 g/mol. The summed E-state index contributed by atoms with van der Waals surface area (Å²) in [7, 11) is 1.33. The molecule has 0 N–H and O–H groups in total. The lowest BCUT2D eigenvalue weighted by molar-refractivity contribution is 0.0594. The van der Waals surface area contributed by atoms with Crippen LogP contribution in [0, 0.1) is 0 Å². The van der Waals surface area contributed by atoms with Gasteiger partial charge in [-0.05, 0) is 24.3 Å². The molecule has 0 spiro atoms. The molecule has 0 saturated carbocycles. The van der Waals surface area contributed by atoms with Gasteiger partial charge in [0, 0.05) is 6.20 Å². The van der Waals surface area contributed by atoms with E-state index in [0.29, 0.717) is 5.69 Å². The summed E-state index contributed by atoms with van der Waals surface area (Å²) in [5.41, 5.74) is 0.338. The minimum absolute atomic E-state index is 0.338. The van der Waals surface area contributed by atoms with E-state index in [1.807, 2.05) is 12.1 Å². The summed E-state index contributed by atoms with van der Waals surface area (Å²) in [5, 5.41) is 0. The quantitative estimate of drug-likeness (QED) is 0.669. The van der Waals surface area contributed by atoms with Crippen molar-refractivity contribution in [2.75, 3.05) is 7.11 Å². The van der Waals surface area contributed by atoms with Gasteiger partial charge < -0.3 is 9.15 Å². The molecule has 2 aromatic heterocycles. The first-order valence-corrected chi connectivity index (χ1v) is 4.31. The van der Waals surface area contributed by atoms with Crippen LogP contribution in [0.25, 0.3) is 0 Å². The number of furan rings is 1. The Bertz CT molecular complexity index is 353. The highest BCUT2D eigenvalue weighted by Gasteiger charge is 2.02. The number of carbonyl (C=O) groups is 1. The zero-order valence-corrected chi connectivity index (χ0v) is 8.29. The van der Waals surface area contributed by atoms with Crippen LogP contribution in [0.2, 0.25) is 0 Å². The fraction of sp³-hybridized carbons (Fsp3) is 0.0909. The summed E-state index contributed by atoms with van der Waals surface area (Å²) in [5.74, 6) is -0.402. The summed E-state index contributed by atoms with van der Waals surface area (Å²) < 4.78 is 9.02. The van der Waals surface area contributed by atoms with Crippen molar-refractivity contribution in [1.29, 1.82) is 0 Å². The first-order chi connectivity index (χ1) is 7.34. The Morgan fingerprint density at radius 3 is 2.40 bits per heavy atom. The van der Waals surface area contributed by atoms with Crippen LogP contribution in [-0.4, -0.2) is 18.1 Å². The van der Waals surface area contributed by atoms with Gasteiger partial charge in [0.2, 0.25) is 0 Å². The molecule has 0 atom stereocenters. The molecule has 4 nitrogen and oxygen atoms in total. The van der Waals surface area contributed by atoms with E-state index in [-0.39, 0.29) is 0 Å². The molecule has 78 valence electrons. The van der Waals surface area contributed by atoms with Gasteiger partial charge in [-0.15, -0.1) is 0 Å². The zero-order chi connectivity index (χ0) is 10.9. The Balaban J connectivity index is 0.000000187. The molecule has 0 amide bonds. The number of hydrogen-bond acceptors (Lipinski definition) is 4. The molecule has 4 heteroatoms. The highest BCUT2D eigenvalue weighted by Crippen LogP contribution is 1.93. The molecule has 2 heterocycles. The van der Waals surface area contributed by atoms with Gasteiger partial charge in [0.15, 0.2) is 0 Å². The third kappa shape index (κ3) is 4.08. The van der Waals surface area contributed by atoms with Crippen molar-refractivity contribution in [3.63, 3.8) is 0 Å². The van der Waals surface area contributed by atoms with Crippen LogP contribution in [0.3, 0.4) is 0 Å². The van der Waals surface area contributed by atoms with Crippen LogP contribution in [0.15, 0.2) is 53.5 Å². The molecule has 0 fully saturated rings. The smallest absolute Gasteiger partial charge is 0.356 e. The fourth-order valence-corrected chi connectivity index (χ4v) is 0.815. The van der Waals surface area contributed by atoms with Gasteiger partial charge in [-0.1, -0.05) is 6.07 Å². The lowest BCUT2D eigenvalue weighted by Gasteiger charge is -1.94. The molecule has 0 aliphatic carbocycles. The molecule has 0 bridgehead atoms. The van der Waals surface area contributed by atoms with E-state index in [2.05, 4.69) is 14.1 Å². The fourth-order valence-electron chi connectivity index (χ4n) is 0.815. The van der Waals surface area contributed by atoms with E-state index in [9.17, 15) is 4.79 Å². The third-order valence-electron chi connectivity index (χ3n) is 1.48. The van der Waals surface area contributed by atoms with E-state index in [0.717, 1.165) is 0 Å². The van der Waals surface area contributed by atoms with E-state index in [1.54, 1.807) is 36.9 Å². The maximum Gasteiger partial charge on any atom is 0.356 e. The predicted octanol–water partition coefficient (Wildman–Crippen LogP) is 2.15. The van der Waals surface area contributed by atoms with Crippen LogP contribution in [-0.2, 0) is 4.74 Å². The second kappa shape index (κ2) is 6.37. The minimum Gasteiger partial charge on any atom is -0.473 e. The highest BCUT2D eigenvalue weighted by atomic mass is 16.5. The van der Waals surface area contributed by atoms with Crippen LogP contribution < -0.4 is 0 Å². The van der Waals surface area contributed by atoms with Gasteiger partial charge in [-0.3, -0.25) is 0 Å². The van der Waals surface area contributed by atoms with E-state index >= 15 is 0 Å². The molecule has 15 heavy (non-hydrogen) atoms. The molecule has 0 saturated heterocycles. The van der Waals surface area contributed by atoms with Crippen LogP contribution >= 0.6 is 0 Å². The van der Waals surface area contributed by atoms with Crippen molar-refractivity contribution >= 4 is 5.97 Å². The van der Waals surface area contributed by atoms with Crippen molar-refractivity contribution < 1.29 is 13.9 Å². The molecule has 0 aromatic carbocycles. The molecule has 2 rings (SSSR count). The van der Waals surface area contributed by atoms with Crippen molar-refractivity contribution in [3.8, 4) is 0 Å². The molecule has 0 aliphatic heterocycles. The van der Waals surface area contributed by atoms with Crippen molar-refractivity contribution in [1.82, 2.24) is 4.98 Å². The monoisotopic (exact) mass is 205 g/mol. The van der Waals surface area contributed by atoms with Gasteiger partial charge in [0.25, 0.3) is 0 Å². The van der Waals surface area contributed by atoms with Gasteiger partial charge in [-0.25, -0.2) is 9.78 Å². The number of esters is 1. The standard InChI is InChI=1S/C7H7NO2.C4H4O/c1-10-7(9)6-4-2-3-5-8-6;1-2-4-5-3-1/h2-5H,1H3;1-4H. The first-order valence-electron chi connectivity index (χ1n) is 4.31.